The second-order valence-electron chi connectivity index (χ2n) is 5.41. The molecular weight excluding hydrogens is 272 g/mol. The molecule has 2 aromatic rings. The Balaban J connectivity index is 1.79. The van der Waals surface area contributed by atoms with Crippen molar-refractivity contribution in [2.75, 3.05) is 5.32 Å². The first-order chi connectivity index (χ1) is 9.67. The first-order valence-electron chi connectivity index (χ1n) is 7.21. The van der Waals surface area contributed by atoms with Gasteiger partial charge in [0, 0.05) is 30.4 Å². The first kappa shape index (κ1) is 13.5. The number of aromatic nitrogens is 5. The van der Waals surface area contributed by atoms with Gasteiger partial charge in [-0.2, -0.15) is 9.47 Å². The minimum atomic E-state index is 0.199. The van der Waals surface area contributed by atoms with Crippen molar-refractivity contribution in [3.63, 3.8) is 0 Å². The number of aryl methyl sites for hydroxylation is 2. The molecule has 0 aliphatic carbocycles. The van der Waals surface area contributed by atoms with Crippen LogP contribution in [0.2, 0.25) is 0 Å². The van der Waals surface area contributed by atoms with Crippen molar-refractivity contribution in [2.24, 2.45) is 0 Å². The van der Waals surface area contributed by atoms with E-state index in [1.54, 1.807) is 0 Å². The van der Waals surface area contributed by atoms with Crippen molar-refractivity contribution in [2.45, 2.75) is 58.5 Å². The molecule has 0 spiro atoms. The van der Waals surface area contributed by atoms with Gasteiger partial charge < -0.3 is 5.32 Å². The quantitative estimate of drug-likeness (QED) is 0.938. The van der Waals surface area contributed by atoms with Gasteiger partial charge in [0.25, 0.3) is 0 Å². The van der Waals surface area contributed by atoms with Crippen LogP contribution in [0.3, 0.4) is 0 Å². The van der Waals surface area contributed by atoms with Gasteiger partial charge in [0.1, 0.15) is 11.6 Å². The molecule has 6 nitrogen and oxygen atoms in total. The largest absolute Gasteiger partial charge is 0.350 e. The van der Waals surface area contributed by atoms with Crippen molar-refractivity contribution in [3.05, 3.63) is 17.5 Å². The molecule has 1 atom stereocenters. The molecule has 2 aromatic heterocycles. The Morgan fingerprint density at radius 1 is 1.40 bits per heavy atom. The summed E-state index contributed by atoms with van der Waals surface area (Å²) in [5.74, 6) is 3.23. The van der Waals surface area contributed by atoms with Gasteiger partial charge in [0.2, 0.25) is 5.13 Å². The Morgan fingerprint density at radius 2 is 2.25 bits per heavy atom. The number of hydrogen-bond acceptors (Lipinski definition) is 6. The van der Waals surface area contributed by atoms with E-state index in [2.05, 4.69) is 45.5 Å². The zero-order chi connectivity index (χ0) is 14.1. The van der Waals surface area contributed by atoms with E-state index in [0.29, 0.717) is 5.92 Å². The molecule has 0 radical (unpaired) electrons. The number of nitrogens with zero attached hydrogens (tertiary/aromatic N) is 5. The molecular formula is C13H20N6S. The van der Waals surface area contributed by atoms with Gasteiger partial charge in [-0.15, -0.1) is 0 Å². The molecule has 1 aliphatic heterocycles. The van der Waals surface area contributed by atoms with E-state index in [-0.39, 0.29) is 6.04 Å². The third kappa shape index (κ3) is 2.54. The average molecular weight is 292 g/mol. The number of rotatable bonds is 4. The number of fused-ring (bicyclic) bond motifs is 1. The molecule has 0 saturated heterocycles. The third-order valence-corrected chi connectivity index (χ3v) is 4.15. The SMILES string of the molecule is CCc1nc2n(n1)CCC[C@H]2Nc1nc(C(C)C)ns1. The minimum absolute atomic E-state index is 0.199. The van der Waals surface area contributed by atoms with Crippen LogP contribution < -0.4 is 5.32 Å². The minimum Gasteiger partial charge on any atom is -0.350 e. The van der Waals surface area contributed by atoms with Gasteiger partial charge in [-0.05, 0) is 12.8 Å². The molecule has 0 saturated carbocycles. The topological polar surface area (TPSA) is 68.5 Å². The molecule has 108 valence electrons. The standard InChI is InChI=1S/C13H20N6S/c1-4-10-15-12-9(6-5-7-19(12)17-10)14-13-16-11(8(2)3)18-20-13/h8-9H,4-7H2,1-3H3,(H,14,16,18)/t9-/m1/s1. The average Bonchev–Trinajstić information content (AvgIpc) is 3.05. The summed E-state index contributed by atoms with van der Waals surface area (Å²) in [6, 6.07) is 0.199. The lowest BCUT2D eigenvalue weighted by Gasteiger charge is -2.22. The lowest BCUT2D eigenvalue weighted by atomic mass is 10.1. The number of anilines is 1. The fourth-order valence-corrected chi connectivity index (χ4v) is 3.12. The van der Waals surface area contributed by atoms with Crippen molar-refractivity contribution in [3.8, 4) is 0 Å². The summed E-state index contributed by atoms with van der Waals surface area (Å²) in [5.41, 5.74) is 0. The Morgan fingerprint density at radius 3 is 2.95 bits per heavy atom. The molecule has 0 aromatic carbocycles. The monoisotopic (exact) mass is 292 g/mol. The zero-order valence-electron chi connectivity index (χ0n) is 12.1. The summed E-state index contributed by atoms with van der Waals surface area (Å²) in [6.07, 6.45) is 3.06. The van der Waals surface area contributed by atoms with E-state index in [1.165, 1.54) is 11.5 Å². The molecule has 0 amide bonds. The van der Waals surface area contributed by atoms with Crippen molar-refractivity contribution >= 4 is 16.7 Å². The van der Waals surface area contributed by atoms with Crippen LogP contribution >= 0.6 is 11.5 Å². The first-order valence-corrected chi connectivity index (χ1v) is 7.98. The van der Waals surface area contributed by atoms with E-state index in [0.717, 1.165) is 48.4 Å². The molecule has 7 heteroatoms. The molecule has 3 rings (SSSR count). The maximum atomic E-state index is 4.63. The van der Waals surface area contributed by atoms with Gasteiger partial charge in [-0.3, -0.25) is 0 Å². The number of nitrogens with one attached hydrogen (secondary N) is 1. The Hall–Kier alpha value is -1.50. The van der Waals surface area contributed by atoms with Crippen molar-refractivity contribution < 1.29 is 0 Å². The van der Waals surface area contributed by atoms with E-state index in [1.807, 2.05) is 4.68 Å². The second-order valence-corrected chi connectivity index (χ2v) is 6.17. The highest BCUT2D eigenvalue weighted by Gasteiger charge is 2.25. The summed E-state index contributed by atoms with van der Waals surface area (Å²) < 4.78 is 6.42. The van der Waals surface area contributed by atoms with Crippen molar-refractivity contribution in [1.29, 1.82) is 0 Å². The van der Waals surface area contributed by atoms with Crippen molar-refractivity contribution in [1.82, 2.24) is 24.1 Å². The highest BCUT2D eigenvalue weighted by Crippen LogP contribution is 2.28. The summed E-state index contributed by atoms with van der Waals surface area (Å²) >= 11 is 1.43. The zero-order valence-corrected chi connectivity index (χ0v) is 12.9. The molecule has 20 heavy (non-hydrogen) atoms. The second kappa shape index (κ2) is 5.47. The van der Waals surface area contributed by atoms with Crippen LogP contribution in [0, 0.1) is 0 Å². The van der Waals surface area contributed by atoms with E-state index in [9.17, 15) is 0 Å². The summed E-state index contributed by atoms with van der Waals surface area (Å²) in [4.78, 5) is 9.18. The van der Waals surface area contributed by atoms with Crippen LogP contribution in [-0.2, 0) is 13.0 Å². The predicted molar refractivity (Wildman–Crippen MR) is 79.0 cm³/mol. The lowest BCUT2D eigenvalue weighted by molar-refractivity contribution is 0.437. The maximum Gasteiger partial charge on any atom is 0.203 e. The smallest absolute Gasteiger partial charge is 0.203 e. The highest BCUT2D eigenvalue weighted by atomic mass is 32.1. The van der Waals surface area contributed by atoms with E-state index < -0.39 is 0 Å². The normalized spacial score (nSPS) is 18.3. The van der Waals surface area contributed by atoms with E-state index >= 15 is 0 Å². The molecule has 3 heterocycles. The molecule has 0 bridgehead atoms. The van der Waals surface area contributed by atoms with Gasteiger partial charge in [-0.1, -0.05) is 20.8 Å². The van der Waals surface area contributed by atoms with Gasteiger partial charge in [0.15, 0.2) is 5.82 Å². The van der Waals surface area contributed by atoms with Gasteiger partial charge in [-0.25, -0.2) is 14.6 Å². The van der Waals surface area contributed by atoms with Crippen LogP contribution in [0.15, 0.2) is 0 Å². The summed E-state index contributed by atoms with van der Waals surface area (Å²) in [5, 5.41) is 8.88. The molecule has 1 N–H and O–H groups in total. The van der Waals surface area contributed by atoms with E-state index in [4.69, 9.17) is 0 Å². The lowest BCUT2D eigenvalue weighted by Crippen LogP contribution is -2.22. The maximum absolute atomic E-state index is 4.63. The van der Waals surface area contributed by atoms with Gasteiger partial charge in [0.05, 0.1) is 6.04 Å². The van der Waals surface area contributed by atoms with Crippen LogP contribution in [0.25, 0.3) is 0 Å². The Labute approximate surface area is 122 Å². The fraction of sp³-hybridized carbons (Fsp3) is 0.692. The van der Waals surface area contributed by atoms with Crippen LogP contribution in [0.1, 0.15) is 63.0 Å². The van der Waals surface area contributed by atoms with Crippen LogP contribution in [0.5, 0.6) is 0 Å². The molecule has 0 fully saturated rings. The van der Waals surface area contributed by atoms with Crippen LogP contribution in [-0.4, -0.2) is 24.1 Å². The third-order valence-electron chi connectivity index (χ3n) is 3.49. The highest BCUT2D eigenvalue weighted by molar-refractivity contribution is 7.09. The predicted octanol–water partition coefficient (Wildman–Crippen LogP) is 2.76. The Kier molecular flexibility index (Phi) is 3.69. The molecule has 1 aliphatic rings. The fourth-order valence-electron chi connectivity index (χ4n) is 2.36. The van der Waals surface area contributed by atoms with Gasteiger partial charge >= 0.3 is 0 Å². The Bertz CT molecular complexity index is 587. The number of hydrogen-bond donors (Lipinski definition) is 1. The van der Waals surface area contributed by atoms with Crippen LogP contribution in [0.4, 0.5) is 5.13 Å². The molecule has 0 unspecified atom stereocenters. The summed E-state index contributed by atoms with van der Waals surface area (Å²) in [6.45, 7) is 7.27. The summed E-state index contributed by atoms with van der Waals surface area (Å²) in [7, 11) is 0.